The van der Waals surface area contributed by atoms with Crippen LogP contribution in [-0.2, 0) is 24.5 Å². The quantitative estimate of drug-likeness (QED) is 0.465. The molecule has 23 heavy (non-hydrogen) atoms. The number of hydrogen-bond acceptors (Lipinski definition) is 9. The van der Waals surface area contributed by atoms with Gasteiger partial charge >= 0.3 is 17.1 Å². The van der Waals surface area contributed by atoms with Gasteiger partial charge < -0.3 is 25.9 Å². The van der Waals surface area contributed by atoms with Gasteiger partial charge in [-0.2, -0.15) is 4.21 Å². The molecule has 4 rings (SSSR count). The number of fused-ring (bicyclic) bond motifs is 2. The van der Waals surface area contributed by atoms with Crippen molar-refractivity contribution in [2.75, 3.05) is 18.6 Å². The zero-order valence-electron chi connectivity index (χ0n) is 11.5. The maximum atomic E-state index is 12.2. The van der Waals surface area contributed by atoms with Crippen LogP contribution >= 0.6 is 12.4 Å². The topological polar surface area (TPSA) is 153 Å². The number of nitrogens with two attached hydrogens (primary N) is 1. The van der Waals surface area contributed by atoms with Crippen molar-refractivity contribution in [2.24, 2.45) is 10.7 Å². The predicted molar refractivity (Wildman–Crippen MR) is 80.4 cm³/mol. The maximum absolute atomic E-state index is 12.2. The van der Waals surface area contributed by atoms with E-state index in [9.17, 15) is 14.1 Å². The number of rotatable bonds is 2. The third-order valence-electron chi connectivity index (χ3n) is 3.78. The number of hydrogen-bond donors (Lipinski definition) is 4. The van der Waals surface area contributed by atoms with Crippen molar-refractivity contribution in [2.45, 2.75) is 24.5 Å². The molecule has 4 heterocycles. The number of aliphatic imine (C=N–C) groups is 1. The number of aromatic amines is 1. The number of amidine groups is 1. The Morgan fingerprint density at radius 1 is 1.43 bits per heavy atom. The highest BCUT2D eigenvalue weighted by atomic mass is 35.5. The maximum Gasteiger partial charge on any atom is 0.329 e. The summed E-state index contributed by atoms with van der Waals surface area (Å²) in [5.74, 6) is 0.603. The Labute approximate surface area is 138 Å². The first kappa shape index (κ1) is 16.4. The molecular formula is C10H14ClN5O6S. The summed E-state index contributed by atoms with van der Waals surface area (Å²) in [6.07, 6.45) is -3.15. The van der Waals surface area contributed by atoms with Crippen LogP contribution in [0.1, 0.15) is 11.9 Å². The van der Waals surface area contributed by atoms with Gasteiger partial charge in [0.15, 0.2) is 12.3 Å². The number of aromatic nitrogens is 2. The van der Waals surface area contributed by atoms with Crippen molar-refractivity contribution in [3.05, 3.63) is 16.2 Å². The van der Waals surface area contributed by atoms with Gasteiger partial charge in [-0.25, -0.2) is 14.4 Å². The summed E-state index contributed by atoms with van der Waals surface area (Å²) in [5, 5.41) is 12.3. The van der Waals surface area contributed by atoms with Gasteiger partial charge in [0.1, 0.15) is 36.2 Å². The lowest BCUT2D eigenvalue weighted by molar-refractivity contribution is -0.0545. The van der Waals surface area contributed by atoms with E-state index < -0.39 is 41.6 Å². The number of halogens is 1. The van der Waals surface area contributed by atoms with E-state index >= 15 is 0 Å². The molecule has 128 valence electrons. The summed E-state index contributed by atoms with van der Waals surface area (Å²) in [6.45, 7) is -0.139. The second-order valence-corrected chi connectivity index (χ2v) is 5.77. The third-order valence-corrected chi connectivity index (χ3v) is 4.54. The second-order valence-electron chi connectivity index (χ2n) is 4.98. The fourth-order valence-electron chi connectivity index (χ4n) is 2.81. The van der Waals surface area contributed by atoms with Gasteiger partial charge in [0.25, 0.3) is 0 Å². The SMILES string of the molecule is Cl.NC1=NCNc2c1[nH]c(=O)n2[C@@H]1O[C@H](CO)[C@H]2OS(=O)O[C@H]21. The highest BCUT2D eigenvalue weighted by molar-refractivity contribution is 7.75. The molecule has 0 aromatic carbocycles. The molecule has 13 heteroatoms. The Balaban J connectivity index is 0.00000156. The van der Waals surface area contributed by atoms with Gasteiger partial charge in [-0.05, 0) is 0 Å². The van der Waals surface area contributed by atoms with Gasteiger partial charge in [0, 0.05) is 0 Å². The molecule has 3 aliphatic rings. The highest BCUT2D eigenvalue weighted by Gasteiger charge is 2.54. The van der Waals surface area contributed by atoms with Gasteiger partial charge in [0.05, 0.1) is 6.61 Å². The first-order chi connectivity index (χ1) is 10.6. The van der Waals surface area contributed by atoms with Crippen LogP contribution in [0.5, 0.6) is 0 Å². The number of nitrogens with zero attached hydrogens (tertiary/aromatic N) is 2. The monoisotopic (exact) mass is 367 g/mol. The Bertz CT molecular complexity index is 734. The van der Waals surface area contributed by atoms with Crippen LogP contribution in [0.15, 0.2) is 9.79 Å². The van der Waals surface area contributed by atoms with E-state index in [1.807, 2.05) is 0 Å². The molecule has 2 saturated heterocycles. The highest BCUT2D eigenvalue weighted by Crippen LogP contribution is 2.39. The summed E-state index contributed by atoms with van der Waals surface area (Å²) in [6, 6.07) is 0. The van der Waals surface area contributed by atoms with Crippen molar-refractivity contribution in [3.8, 4) is 0 Å². The molecule has 0 bridgehead atoms. The summed E-state index contributed by atoms with van der Waals surface area (Å²) >= 11 is -1.94. The number of H-pyrrole nitrogens is 1. The van der Waals surface area contributed by atoms with Crippen LogP contribution in [0.25, 0.3) is 0 Å². The number of ether oxygens (including phenoxy) is 1. The number of nitrogens with one attached hydrogen (secondary N) is 2. The van der Waals surface area contributed by atoms with Crippen molar-refractivity contribution >= 4 is 35.4 Å². The van der Waals surface area contributed by atoms with Crippen molar-refractivity contribution in [1.82, 2.24) is 9.55 Å². The Morgan fingerprint density at radius 2 is 2.17 bits per heavy atom. The third kappa shape index (κ3) is 2.38. The van der Waals surface area contributed by atoms with Crippen molar-refractivity contribution < 1.29 is 22.4 Å². The Morgan fingerprint density at radius 3 is 2.91 bits per heavy atom. The molecule has 0 spiro atoms. The van der Waals surface area contributed by atoms with Gasteiger partial charge in [-0.3, -0.25) is 8.37 Å². The van der Waals surface area contributed by atoms with Crippen molar-refractivity contribution in [3.63, 3.8) is 0 Å². The van der Waals surface area contributed by atoms with E-state index in [0.29, 0.717) is 11.5 Å². The molecule has 0 saturated carbocycles. The van der Waals surface area contributed by atoms with E-state index in [1.54, 1.807) is 0 Å². The standard InChI is InChI=1S/C10H13N5O6S.ClH/c11-7-4-8(13-2-12-7)15(10(17)14-4)9-6-5(3(1-16)19-9)20-22(18)21-6;/h3,5-6,9,13,16H,1-2H2,(H2,11,12)(H,14,17);1H/t3-,5-,6-,9-,22?;/m1./s1. The molecule has 0 amide bonds. The summed E-state index contributed by atoms with van der Waals surface area (Å²) in [7, 11) is 0. The minimum atomic E-state index is -1.94. The molecule has 1 unspecified atom stereocenters. The smallest absolute Gasteiger partial charge is 0.329 e. The molecule has 0 aliphatic carbocycles. The lowest BCUT2D eigenvalue weighted by Gasteiger charge is -2.20. The zero-order valence-corrected chi connectivity index (χ0v) is 13.1. The molecule has 0 radical (unpaired) electrons. The Kier molecular flexibility index (Phi) is 4.20. The first-order valence-electron chi connectivity index (χ1n) is 6.51. The van der Waals surface area contributed by atoms with Gasteiger partial charge in [-0.15, -0.1) is 12.4 Å². The fraction of sp³-hybridized carbons (Fsp3) is 0.600. The molecule has 1 aromatic rings. The minimum Gasteiger partial charge on any atom is -0.394 e. The average molecular weight is 368 g/mol. The van der Waals surface area contributed by atoms with Crippen LogP contribution in [0, 0.1) is 0 Å². The Hall–Kier alpha value is -1.44. The van der Waals surface area contributed by atoms with E-state index in [1.165, 1.54) is 4.57 Å². The number of imidazole rings is 1. The molecule has 5 N–H and O–H groups in total. The van der Waals surface area contributed by atoms with E-state index in [0.717, 1.165) is 0 Å². The molecule has 2 fully saturated rings. The molecule has 11 nitrogen and oxygen atoms in total. The summed E-state index contributed by atoms with van der Waals surface area (Å²) in [4.78, 5) is 18.8. The fourth-order valence-corrected chi connectivity index (χ4v) is 3.66. The van der Waals surface area contributed by atoms with E-state index in [2.05, 4.69) is 15.3 Å². The lowest BCUT2D eigenvalue weighted by atomic mass is 10.1. The van der Waals surface area contributed by atoms with E-state index in [-0.39, 0.29) is 31.5 Å². The summed E-state index contributed by atoms with van der Waals surface area (Å²) < 4.78 is 28.6. The van der Waals surface area contributed by atoms with Crippen LogP contribution in [-0.4, -0.2) is 56.3 Å². The molecule has 3 aliphatic heterocycles. The summed E-state index contributed by atoms with van der Waals surface area (Å²) in [5.41, 5.74) is 5.62. The second kappa shape index (κ2) is 5.89. The average Bonchev–Trinajstić information content (AvgIpc) is 3.11. The number of aliphatic hydroxyl groups excluding tert-OH is 1. The molecule has 1 aromatic heterocycles. The number of anilines is 1. The van der Waals surface area contributed by atoms with Crippen LogP contribution < -0.4 is 16.7 Å². The van der Waals surface area contributed by atoms with Crippen LogP contribution in [0.2, 0.25) is 0 Å². The predicted octanol–water partition coefficient (Wildman–Crippen LogP) is -2.06. The van der Waals surface area contributed by atoms with Crippen LogP contribution in [0.4, 0.5) is 5.82 Å². The normalized spacial score (nSPS) is 35.0. The largest absolute Gasteiger partial charge is 0.394 e. The zero-order chi connectivity index (χ0) is 15.4. The van der Waals surface area contributed by atoms with Gasteiger partial charge in [-0.1, -0.05) is 0 Å². The number of aliphatic hydroxyl groups is 1. The molecule has 5 atom stereocenters. The van der Waals surface area contributed by atoms with E-state index in [4.69, 9.17) is 18.8 Å². The van der Waals surface area contributed by atoms with Gasteiger partial charge in [0.2, 0.25) is 0 Å². The minimum absolute atomic E-state index is 0. The van der Waals surface area contributed by atoms with Crippen molar-refractivity contribution in [1.29, 1.82) is 0 Å². The first-order valence-corrected chi connectivity index (χ1v) is 7.51. The van der Waals surface area contributed by atoms with Crippen LogP contribution in [0.3, 0.4) is 0 Å². The lowest BCUT2D eigenvalue weighted by Crippen LogP contribution is -2.33. The molecular weight excluding hydrogens is 354 g/mol.